The zero-order chi connectivity index (χ0) is 14.6. The first-order valence-corrected chi connectivity index (χ1v) is 5.04. The molecular formula is C8H3B9O. The second-order valence-electron chi connectivity index (χ2n) is 4.84. The molecule has 10 heteroatoms. The summed E-state index contributed by atoms with van der Waals surface area (Å²) in [7, 11) is 52.4. The van der Waals surface area contributed by atoms with Gasteiger partial charge in [-0.1, -0.05) is 11.4 Å². The van der Waals surface area contributed by atoms with E-state index in [2.05, 4.69) is 0 Å². The Morgan fingerprint density at radius 2 is 0.944 bits per heavy atom. The van der Waals surface area contributed by atoms with Gasteiger partial charge in [0.25, 0.3) is 0 Å². The molecule has 0 N–H and O–H groups in total. The summed E-state index contributed by atoms with van der Waals surface area (Å²) in [6.45, 7) is 0. The van der Waals surface area contributed by atoms with E-state index < -0.39 is 26.2 Å². The van der Waals surface area contributed by atoms with E-state index in [0.717, 1.165) is 12.2 Å². The number of hydrogen-bond donors (Lipinski definition) is 0. The first-order valence-electron chi connectivity index (χ1n) is 5.04. The lowest BCUT2D eigenvalue weighted by Gasteiger charge is -2.51. The van der Waals surface area contributed by atoms with Crippen molar-refractivity contribution in [1.29, 1.82) is 0 Å². The van der Waals surface area contributed by atoms with Crippen LogP contribution >= 0.6 is 0 Å². The van der Waals surface area contributed by atoms with E-state index in [1.54, 1.807) is 0 Å². The number of carbonyl (C=O) groups is 1. The SMILES string of the molecule is [B]C1([B])C([B])([B])C([B])([B])C([B])(/C=C/C=O)C1([B])[B]. The lowest BCUT2D eigenvalue weighted by molar-refractivity contribution is -0.104. The third kappa shape index (κ3) is 1.44. The average molecular weight is 212 g/mol. The van der Waals surface area contributed by atoms with E-state index in [-0.39, 0.29) is 0 Å². The number of hydrogen-bond acceptors (Lipinski definition) is 1. The maximum Gasteiger partial charge on any atom is 0.142 e. The van der Waals surface area contributed by atoms with E-state index in [0.29, 0.717) is 6.29 Å². The maximum atomic E-state index is 10.4. The fourth-order valence-electron chi connectivity index (χ4n) is 2.18. The first-order chi connectivity index (χ1) is 7.81. The molecule has 0 saturated heterocycles. The lowest BCUT2D eigenvalue weighted by Crippen LogP contribution is -2.39. The van der Waals surface area contributed by atoms with Crippen LogP contribution in [0.4, 0.5) is 0 Å². The fraction of sp³-hybridized carbons (Fsp3) is 0.625. The Hall–Kier alpha value is -0.00558. The van der Waals surface area contributed by atoms with E-state index in [4.69, 9.17) is 70.6 Å². The molecule has 18 heavy (non-hydrogen) atoms. The topological polar surface area (TPSA) is 17.1 Å². The minimum absolute atomic E-state index is 0.433. The van der Waals surface area contributed by atoms with E-state index in [9.17, 15) is 4.79 Å². The van der Waals surface area contributed by atoms with Crippen molar-refractivity contribution in [2.45, 2.75) is 26.2 Å². The van der Waals surface area contributed by atoms with Crippen LogP contribution in [0.25, 0.3) is 0 Å². The van der Waals surface area contributed by atoms with Gasteiger partial charge in [-0.05, 0) is 6.08 Å². The largest absolute Gasteiger partial charge is 0.299 e. The van der Waals surface area contributed by atoms with Crippen molar-refractivity contribution in [3.8, 4) is 0 Å². The van der Waals surface area contributed by atoms with Crippen molar-refractivity contribution in [3.63, 3.8) is 0 Å². The van der Waals surface area contributed by atoms with Crippen LogP contribution in [0.1, 0.15) is 0 Å². The number of carbonyl (C=O) groups excluding carboxylic acids is 1. The van der Waals surface area contributed by atoms with Crippen molar-refractivity contribution in [3.05, 3.63) is 12.2 Å². The number of rotatable bonds is 2. The van der Waals surface area contributed by atoms with Crippen molar-refractivity contribution < 1.29 is 4.79 Å². The molecule has 1 aliphatic carbocycles. The molecule has 0 aromatic carbocycles. The van der Waals surface area contributed by atoms with Crippen molar-refractivity contribution >= 4 is 76.9 Å². The predicted molar refractivity (Wildman–Crippen MR) is 80.5 cm³/mol. The molecule has 0 heterocycles. The average Bonchev–Trinajstić information content (AvgIpc) is 2.27. The van der Waals surface area contributed by atoms with Crippen LogP contribution < -0.4 is 0 Å². The summed E-state index contributed by atoms with van der Waals surface area (Å²) in [6, 6.07) is 0. The standard InChI is InChI=1S/C8H3B9O/c9-4(2-1-3-18)5(10,11)7(14,15)8(16,17)6(4,12)13/h1-3H/b2-1+. The van der Waals surface area contributed by atoms with Gasteiger partial charge >= 0.3 is 0 Å². The molecule has 0 aliphatic heterocycles. The highest BCUT2D eigenvalue weighted by Gasteiger charge is 2.67. The van der Waals surface area contributed by atoms with E-state index in [1.165, 1.54) is 0 Å². The third-order valence-corrected chi connectivity index (χ3v) is 3.86. The van der Waals surface area contributed by atoms with Gasteiger partial charge in [-0.3, -0.25) is 4.79 Å². The molecule has 1 rings (SSSR count). The normalized spacial score (nSPS) is 30.0. The molecule has 0 amide bonds. The summed E-state index contributed by atoms with van der Waals surface area (Å²) in [6.07, 6.45) is 2.54. The molecule has 0 unspecified atom stereocenters. The number of allylic oxidation sites excluding steroid dienone is 2. The molecule has 0 bridgehead atoms. The van der Waals surface area contributed by atoms with Gasteiger partial charge in [-0.15, -0.1) is 20.9 Å². The highest BCUT2D eigenvalue weighted by molar-refractivity contribution is 6.71. The molecule has 1 nitrogen and oxygen atoms in total. The fourth-order valence-corrected chi connectivity index (χ4v) is 2.18. The Morgan fingerprint density at radius 1 is 0.611 bits per heavy atom. The molecule has 0 aromatic rings. The van der Waals surface area contributed by atoms with Gasteiger partial charge in [0.2, 0.25) is 0 Å². The number of aldehydes is 1. The first kappa shape index (κ1) is 16.0. The van der Waals surface area contributed by atoms with Crippen molar-refractivity contribution in [2.75, 3.05) is 0 Å². The summed E-state index contributed by atoms with van der Waals surface area (Å²) in [4.78, 5) is 10.4. The molecule has 1 saturated carbocycles. The minimum atomic E-state index is -2.08. The molecule has 0 atom stereocenters. The molecule has 18 radical (unpaired) electrons. The van der Waals surface area contributed by atoms with E-state index in [1.807, 2.05) is 0 Å². The van der Waals surface area contributed by atoms with Crippen LogP contribution in [0.2, 0.25) is 26.2 Å². The Morgan fingerprint density at radius 3 is 1.22 bits per heavy atom. The maximum absolute atomic E-state index is 10.4. The van der Waals surface area contributed by atoms with Crippen LogP contribution in [0.15, 0.2) is 12.2 Å². The third-order valence-electron chi connectivity index (χ3n) is 3.86. The summed E-state index contributed by atoms with van der Waals surface area (Å²) >= 11 is 0. The summed E-state index contributed by atoms with van der Waals surface area (Å²) in [5.41, 5.74) is 0. The zero-order valence-electron chi connectivity index (χ0n) is 9.84. The smallest absolute Gasteiger partial charge is 0.142 e. The van der Waals surface area contributed by atoms with Crippen molar-refractivity contribution in [1.82, 2.24) is 0 Å². The molecule has 1 fully saturated rings. The van der Waals surface area contributed by atoms with Crippen LogP contribution in [-0.4, -0.2) is 76.9 Å². The minimum Gasteiger partial charge on any atom is -0.299 e. The molecule has 0 aromatic heterocycles. The van der Waals surface area contributed by atoms with Gasteiger partial charge in [-0.25, -0.2) is 0 Å². The van der Waals surface area contributed by atoms with Gasteiger partial charge < -0.3 is 0 Å². The van der Waals surface area contributed by atoms with Gasteiger partial charge in [0, 0.05) is 0 Å². The van der Waals surface area contributed by atoms with Crippen LogP contribution in [-0.2, 0) is 4.79 Å². The predicted octanol–water partition coefficient (Wildman–Crippen LogP) is -2.10. The van der Waals surface area contributed by atoms with Gasteiger partial charge in [0.15, 0.2) is 0 Å². The Bertz CT molecular complexity index is 371. The zero-order valence-corrected chi connectivity index (χ0v) is 9.84. The van der Waals surface area contributed by atoms with Gasteiger partial charge in [0.05, 0.1) is 70.6 Å². The van der Waals surface area contributed by atoms with Crippen LogP contribution in [0.5, 0.6) is 0 Å². The van der Waals surface area contributed by atoms with Crippen molar-refractivity contribution in [2.24, 2.45) is 0 Å². The Kier molecular flexibility index (Phi) is 3.56. The Balaban J connectivity index is 3.62. The summed E-state index contributed by atoms with van der Waals surface area (Å²) in [5, 5.41) is -10.1. The highest BCUT2D eigenvalue weighted by atomic mass is 16.1. The van der Waals surface area contributed by atoms with Crippen LogP contribution in [0, 0.1) is 0 Å². The summed E-state index contributed by atoms with van der Waals surface area (Å²) < 4.78 is 0. The molecule has 68 valence electrons. The summed E-state index contributed by atoms with van der Waals surface area (Å²) in [5.74, 6) is 0. The highest BCUT2D eigenvalue weighted by Crippen LogP contribution is 2.86. The lowest BCUT2D eigenvalue weighted by atomic mass is 9.17. The van der Waals surface area contributed by atoms with Crippen LogP contribution in [0.3, 0.4) is 0 Å². The Labute approximate surface area is 120 Å². The van der Waals surface area contributed by atoms with Gasteiger partial charge in [-0.2, -0.15) is 0 Å². The van der Waals surface area contributed by atoms with E-state index >= 15 is 0 Å². The molecular weight excluding hydrogens is 209 g/mol. The second-order valence-corrected chi connectivity index (χ2v) is 4.84. The quantitative estimate of drug-likeness (QED) is 0.291. The monoisotopic (exact) mass is 214 g/mol. The van der Waals surface area contributed by atoms with Gasteiger partial charge in [0.1, 0.15) is 6.29 Å². The molecule has 1 aliphatic rings. The second kappa shape index (κ2) is 3.99. The molecule has 0 spiro atoms.